The van der Waals surface area contributed by atoms with Gasteiger partial charge >= 0.3 is 0 Å². The average Bonchev–Trinajstić information content (AvgIpc) is 2.67. The molecule has 0 amide bonds. The first-order valence-electron chi connectivity index (χ1n) is 6.07. The molecule has 1 aliphatic rings. The highest BCUT2D eigenvalue weighted by atomic mass is 28.2. The molecule has 1 aliphatic carbocycles. The highest BCUT2D eigenvalue weighted by Gasteiger charge is 2.15. The van der Waals surface area contributed by atoms with Gasteiger partial charge in [-0.25, -0.2) is 0 Å². The first-order chi connectivity index (χ1) is 6.86. The van der Waals surface area contributed by atoms with Crippen molar-refractivity contribution >= 4 is 9.68 Å². The number of nitrogens with one attached hydrogen (secondary N) is 3. The molecule has 0 saturated heterocycles. The van der Waals surface area contributed by atoms with Gasteiger partial charge in [0.1, 0.15) is 9.68 Å². The molecule has 0 aromatic heterocycles. The van der Waals surface area contributed by atoms with Crippen molar-refractivity contribution in [1.29, 1.82) is 0 Å². The zero-order chi connectivity index (χ0) is 10.2. The Morgan fingerprint density at radius 3 is 2.21 bits per heavy atom. The summed E-state index contributed by atoms with van der Waals surface area (Å²) in [6.45, 7) is 6.48. The van der Waals surface area contributed by atoms with E-state index in [1.54, 1.807) is 0 Å². The van der Waals surface area contributed by atoms with Gasteiger partial charge in [-0.05, 0) is 25.9 Å². The van der Waals surface area contributed by atoms with E-state index < -0.39 is 0 Å². The third kappa shape index (κ3) is 4.55. The van der Waals surface area contributed by atoms with E-state index in [1.807, 2.05) is 0 Å². The van der Waals surface area contributed by atoms with E-state index in [9.17, 15) is 0 Å². The molecule has 1 rings (SSSR count). The van der Waals surface area contributed by atoms with E-state index in [2.05, 4.69) is 29.5 Å². The summed E-state index contributed by atoms with van der Waals surface area (Å²) in [6.07, 6.45) is 5.66. The maximum Gasteiger partial charge on any atom is 0.127 e. The van der Waals surface area contributed by atoms with Gasteiger partial charge < -0.3 is 15.6 Å². The lowest BCUT2D eigenvalue weighted by molar-refractivity contribution is 0.540. The Labute approximate surface area is 90.3 Å². The maximum absolute atomic E-state index is 3.77. The first kappa shape index (κ1) is 12.2. The van der Waals surface area contributed by atoms with Gasteiger partial charge in [0.25, 0.3) is 0 Å². The monoisotopic (exact) mass is 215 g/mol. The van der Waals surface area contributed by atoms with Crippen LogP contribution >= 0.6 is 0 Å². The topological polar surface area (TPSA) is 36.1 Å². The lowest BCUT2D eigenvalue weighted by atomic mass is 10.3. The largest absolute Gasteiger partial charge is 0.337 e. The first-order valence-corrected chi connectivity index (χ1v) is 7.59. The van der Waals surface area contributed by atoms with Crippen LogP contribution in [0.4, 0.5) is 0 Å². The Morgan fingerprint density at radius 2 is 1.71 bits per heavy atom. The summed E-state index contributed by atoms with van der Waals surface area (Å²) in [5, 5.41) is 6.99. The van der Waals surface area contributed by atoms with Crippen LogP contribution in [0.2, 0.25) is 0 Å². The molecule has 1 saturated carbocycles. The predicted molar refractivity (Wildman–Crippen MR) is 65.1 cm³/mol. The van der Waals surface area contributed by atoms with Crippen LogP contribution in [0.3, 0.4) is 0 Å². The van der Waals surface area contributed by atoms with Crippen molar-refractivity contribution in [3.8, 4) is 0 Å². The minimum Gasteiger partial charge on any atom is -0.337 e. The second-order valence-electron chi connectivity index (χ2n) is 4.06. The van der Waals surface area contributed by atoms with Crippen LogP contribution in [-0.2, 0) is 0 Å². The van der Waals surface area contributed by atoms with Crippen molar-refractivity contribution in [2.45, 2.75) is 51.4 Å². The molecule has 0 aliphatic heterocycles. The summed E-state index contributed by atoms with van der Waals surface area (Å²) in [4.78, 5) is 3.77. The standard InChI is InChI=1S/C10H25N3Si/c1-3-11-10(12-4-2)14-13-9-7-5-6-8-9/h9-13H,3-8,14H2,1-2H3. The minimum absolute atomic E-state index is 0.198. The van der Waals surface area contributed by atoms with Gasteiger partial charge in [0, 0.05) is 6.04 Å². The maximum atomic E-state index is 3.77. The molecular formula is C10H25N3Si. The molecule has 1 fully saturated rings. The fourth-order valence-electron chi connectivity index (χ4n) is 2.12. The summed E-state index contributed by atoms with van der Waals surface area (Å²) >= 11 is 0. The minimum atomic E-state index is -0.198. The molecule has 0 bridgehead atoms. The van der Waals surface area contributed by atoms with E-state index >= 15 is 0 Å². The molecule has 0 spiro atoms. The smallest absolute Gasteiger partial charge is 0.127 e. The van der Waals surface area contributed by atoms with E-state index in [-0.39, 0.29) is 9.68 Å². The molecule has 0 heterocycles. The summed E-state index contributed by atoms with van der Waals surface area (Å²) in [6, 6.07) is 0.835. The van der Waals surface area contributed by atoms with Crippen molar-refractivity contribution < 1.29 is 0 Å². The number of rotatable bonds is 7. The molecule has 0 radical (unpaired) electrons. The van der Waals surface area contributed by atoms with Crippen molar-refractivity contribution in [1.82, 2.24) is 15.6 Å². The second-order valence-corrected chi connectivity index (χ2v) is 5.69. The van der Waals surface area contributed by atoms with Gasteiger partial charge in [0.15, 0.2) is 0 Å². The van der Waals surface area contributed by atoms with Crippen molar-refractivity contribution in [2.75, 3.05) is 13.1 Å². The van der Waals surface area contributed by atoms with Gasteiger partial charge in [0.2, 0.25) is 0 Å². The summed E-state index contributed by atoms with van der Waals surface area (Å²) in [7, 11) is -0.198. The fraction of sp³-hybridized carbons (Fsp3) is 1.00. The van der Waals surface area contributed by atoms with E-state index in [0.717, 1.165) is 19.1 Å². The molecule has 3 N–H and O–H groups in total. The number of hydrogen-bond donors (Lipinski definition) is 3. The second kappa shape index (κ2) is 7.40. The average molecular weight is 215 g/mol. The Kier molecular flexibility index (Phi) is 6.43. The molecule has 3 nitrogen and oxygen atoms in total. The Bertz CT molecular complexity index is 131. The van der Waals surface area contributed by atoms with Crippen molar-refractivity contribution in [2.24, 2.45) is 0 Å². The summed E-state index contributed by atoms with van der Waals surface area (Å²) in [5.41, 5.74) is 0. The predicted octanol–water partition coefficient (Wildman–Crippen LogP) is 0.105. The van der Waals surface area contributed by atoms with Crippen LogP contribution in [0.5, 0.6) is 0 Å². The molecule has 84 valence electrons. The summed E-state index contributed by atoms with van der Waals surface area (Å²) < 4.78 is 0. The third-order valence-corrected chi connectivity index (χ3v) is 4.67. The zero-order valence-corrected chi connectivity index (χ0v) is 11.0. The van der Waals surface area contributed by atoms with Crippen LogP contribution in [0.25, 0.3) is 0 Å². The van der Waals surface area contributed by atoms with E-state index in [4.69, 9.17) is 0 Å². The molecule has 0 aromatic rings. The Morgan fingerprint density at radius 1 is 1.14 bits per heavy atom. The van der Waals surface area contributed by atoms with Gasteiger partial charge in [-0.1, -0.05) is 26.7 Å². The number of hydrogen-bond acceptors (Lipinski definition) is 3. The lowest BCUT2D eigenvalue weighted by Gasteiger charge is -2.21. The van der Waals surface area contributed by atoms with Gasteiger partial charge in [-0.2, -0.15) is 0 Å². The van der Waals surface area contributed by atoms with Crippen LogP contribution in [0.15, 0.2) is 0 Å². The molecular weight excluding hydrogens is 190 g/mol. The SMILES string of the molecule is CCNC(NCC)[SiH2]NC1CCCC1. The quantitative estimate of drug-likeness (QED) is 0.417. The van der Waals surface area contributed by atoms with Crippen LogP contribution < -0.4 is 15.6 Å². The van der Waals surface area contributed by atoms with Crippen LogP contribution in [0.1, 0.15) is 39.5 Å². The molecule has 0 atom stereocenters. The van der Waals surface area contributed by atoms with Crippen LogP contribution in [0, 0.1) is 0 Å². The molecule has 14 heavy (non-hydrogen) atoms. The lowest BCUT2D eigenvalue weighted by Crippen LogP contribution is -2.53. The molecule has 0 unspecified atom stereocenters. The van der Waals surface area contributed by atoms with Crippen LogP contribution in [-0.4, -0.2) is 34.6 Å². The molecule has 0 aromatic carbocycles. The van der Waals surface area contributed by atoms with Gasteiger partial charge in [-0.15, -0.1) is 0 Å². The Balaban J connectivity index is 2.10. The highest BCUT2D eigenvalue weighted by Crippen LogP contribution is 2.16. The van der Waals surface area contributed by atoms with Gasteiger partial charge in [0.05, 0.1) is 5.79 Å². The Hall–Kier alpha value is 0.0969. The van der Waals surface area contributed by atoms with E-state index in [1.165, 1.54) is 25.7 Å². The molecule has 4 heteroatoms. The van der Waals surface area contributed by atoms with Crippen molar-refractivity contribution in [3.63, 3.8) is 0 Å². The third-order valence-electron chi connectivity index (χ3n) is 2.87. The van der Waals surface area contributed by atoms with Crippen molar-refractivity contribution in [3.05, 3.63) is 0 Å². The zero-order valence-electron chi connectivity index (χ0n) is 9.60. The van der Waals surface area contributed by atoms with Gasteiger partial charge in [-0.3, -0.25) is 0 Å². The fourth-order valence-corrected chi connectivity index (χ4v) is 3.97. The normalized spacial score (nSPS) is 19.1. The summed E-state index contributed by atoms with van der Waals surface area (Å²) in [5.74, 6) is 0.575. The highest BCUT2D eigenvalue weighted by molar-refractivity contribution is 6.34. The van der Waals surface area contributed by atoms with E-state index in [0.29, 0.717) is 5.79 Å².